The Kier molecular flexibility index (Phi) is 3.62. The van der Waals surface area contributed by atoms with Crippen molar-refractivity contribution in [1.82, 2.24) is 10.3 Å². The van der Waals surface area contributed by atoms with E-state index in [1.807, 2.05) is 37.3 Å². The Balaban J connectivity index is 2.13. The molecule has 0 spiro atoms. The Hall–Kier alpha value is -1.88. The van der Waals surface area contributed by atoms with Gasteiger partial charge in [-0.25, -0.2) is 0 Å². The summed E-state index contributed by atoms with van der Waals surface area (Å²) in [5, 5.41) is 2.88. The van der Waals surface area contributed by atoms with Gasteiger partial charge in [0, 0.05) is 5.69 Å². The molecule has 2 N–H and O–H groups in total. The summed E-state index contributed by atoms with van der Waals surface area (Å²) < 4.78 is 0. The van der Waals surface area contributed by atoms with Gasteiger partial charge < -0.3 is 10.3 Å². The van der Waals surface area contributed by atoms with E-state index in [0.717, 1.165) is 16.9 Å². The number of rotatable bonds is 3. The molecule has 2 aromatic rings. The van der Waals surface area contributed by atoms with Crippen LogP contribution in [0.1, 0.15) is 33.9 Å². The molecule has 0 bridgehead atoms. The fraction of sp³-hybridized carbons (Fsp3) is 0.231. The van der Waals surface area contributed by atoms with Crippen molar-refractivity contribution in [1.29, 1.82) is 0 Å². The molecule has 0 saturated heterocycles. The van der Waals surface area contributed by atoms with Gasteiger partial charge in [-0.3, -0.25) is 9.59 Å². The number of amides is 1. The minimum Gasteiger partial charge on any atom is -0.345 e. The average molecular weight is 262 g/mol. The predicted octanol–water partition coefficient (Wildman–Crippen LogP) is 2.24. The number of H-pyrrole nitrogens is 1. The Morgan fingerprint density at radius 2 is 2.00 bits per heavy atom. The van der Waals surface area contributed by atoms with E-state index in [9.17, 15) is 9.59 Å². The lowest BCUT2D eigenvalue weighted by Crippen LogP contribution is -2.26. The van der Waals surface area contributed by atoms with Crippen molar-refractivity contribution in [2.24, 2.45) is 0 Å². The topological polar surface area (TPSA) is 62.0 Å². The molecule has 0 aliphatic carbocycles. The van der Waals surface area contributed by atoms with Gasteiger partial charge in [0.25, 0.3) is 5.91 Å². The first-order valence-electron chi connectivity index (χ1n) is 5.63. The van der Waals surface area contributed by atoms with Crippen molar-refractivity contribution in [2.45, 2.75) is 19.9 Å². The van der Waals surface area contributed by atoms with E-state index in [2.05, 4.69) is 10.3 Å². The lowest BCUT2D eigenvalue weighted by molar-refractivity contribution is 0.0943. The van der Waals surface area contributed by atoms with Crippen LogP contribution in [0.3, 0.4) is 0 Å². The molecular weight excluding hydrogens is 248 g/mol. The SMILES string of the molecule is Cc1[nH]c(=O)sc1C(=O)NC(C)c1ccccc1. The van der Waals surface area contributed by atoms with Gasteiger partial charge in [-0.2, -0.15) is 0 Å². The normalized spacial score (nSPS) is 12.1. The van der Waals surface area contributed by atoms with Crippen LogP contribution >= 0.6 is 11.3 Å². The molecule has 1 amide bonds. The second kappa shape index (κ2) is 5.18. The second-order valence-electron chi connectivity index (χ2n) is 4.07. The molecule has 1 heterocycles. The lowest BCUT2D eigenvalue weighted by Gasteiger charge is -2.13. The highest BCUT2D eigenvalue weighted by atomic mass is 32.1. The minimum absolute atomic E-state index is 0.0877. The van der Waals surface area contributed by atoms with E-state index in [1.165, 1.54) is 0 Å². The number of carbonyl (C=O) groups is 1. The summed E-state index contributed by atoms with van der Waals surface area (Å²) in [5.41, 5.74) is 1.65. The van der Waals surface area contributed by atoms with Gasteiger partial charge in [-0.1, -0.05) is 41.7 Å². The number of hydrogen-bond acceptors (Lipinski definition) is 3. The Labute approximate surface area is 109 Å². The molecule has 1 aromatic carbocycles. The fourth-order valence-corrected chi connectivity index (χ4v) is 2.45. The maximum absolute atomic E-state index is 12.0. The van der Waals surface area contributed by atoms with Crippen molar-refractivity contribution >= 4 is 17.2 Å². The second-order valence-corrected chi connectivity index (χ2v) is 5.06. The molecule has 1 atom stereocenters. The first-order valence-corrected chi connectivity index (χ1v) is 6.45. The van der Waals surface area contributed by atoms with Gasteiger partial charge in [-0.15, -0.1) is 0 Å². The summed E-state index contributed by atoms with van der Waals surface area (Å²) in [4.78, 5) is 26.0. The summed E-state index contributed by atoms with van der Waals surface area (Å²) in [5.74, 6) is -0.216. The minimum atomic E-state index is -0.216. The number of hydrogen-bond donors (Lipinski definition) is 2. The number of aromatic nitrogens is 1. The Morgan fingerprint density at radius 1 is 1.33 bits per heavy atom. The van der Waals surface area contributed by atoms with Crippen LogP contribution < -0.4 is 10.2 Å². The van der Waals surface area contributed by atoms with Crippen molar-refractivity contribution < 1.29 is 4.79 Å². The third-order valence-corrected chi connectivity index (χ3v) is 3.66. The average Bonchev–Trinajstić information content (AvgIpc) is 2.69. The number of thiazole rings is 1. The molecule has 0 aliphatic rings. The molecule has 1 unspecified atom stereocenters. The van der Waals surface area contributed by atoms with Crippen LogP contribution in [0.25, 0.3) is 0 Å². The zero-order valence-corrected chi connectivity index (χ0v) is 11.0. The van der Waals surface area contributed by atoms with Crippen molar-refractivity contribution in [3.8, 4) is 0 Å². The van der Waals surface area contributed by atoms with Gasteiger partial charge in [0.15, 0.2) is 0 Å². The monoisotopic (exact) mass is 262 g/mol. The number of carbonyl (C=O) groups excluding carboxylic acids is 1. The van der Waals surface area contributed by atoms with E-state index < -0.39 is 0 Å². The number of aryl methyl sites for hydroxylation is 1. The van der Waals surface area contributed by atoms with Gasteiger partial charge in [-0.05, 0) is 19.4 Å². The molecule has 94 valence electrons. The molecule has 4 nitrogen and oxygen atoms in total. The quantitative estimate of drug-likeness (QED) is 0.891. The Bertz CT molecular complexity index is 601. The smallest absolute Gasteiger partial charge is 0.305 e. The highest BCUT2D eigenvalue weighted by Gasteiger charge is 2.15. The summed E-state index contributed by atoms with van der Waals surface area (Å²) in [6.45, 7) is 3.64. The molecule has 1 aromatic heterocycles. The molecule has 0 fully saturated rings. The van der Waals surface area contributed by atoms with Crippen LogP contribution in [0, 0.1) is 6.92 Å². The summed E-state index contributed by atoms with van der Waals surface area (Å²) in [7, 11) is 0. The molecule has 5 heteroatoms. The zero-order valence-electron chi connectivity index (χ0n) is 10.2. The maximum Gasteiger partial charge on any atom is 0.305 e. The maximum atomic E-state index is 12.0. The van der Waals surface area contributed by atoms with E-state index in [1.54, 1.807) is 6.92 Å². The largest absolute Gasteiger partial charge is 0.345 e. The molecule has 0 aliphatic heterocycles. The first-order chi connectivity index (χ1) is 8.58. The van der Waals surface area contributed by atoms with Crippen molar-refractivity contribution in [3.05, 3.63) is 56.1 Å². The van der Waals surface area contributed by atoms with Gasteiger partial charge >= 0.3 is 4.87 Å². The van der Waals surface area contributed by atoms with Gasteiger partial charge in [0.05, 0.1) is 6.04 Å². The summed E-state index contributed by atoms with van der Waals surface area (Å²) in [6, 6.07) is 9.61. The van der Waals surface area contributed by atoms with E-state index in [-0.39, 0.29) is 16.8 Å². The fourth-order valence-electron chi connectivity index (χ4n) is 1.71. The highest BCUT2D eigenvalue weighted by molar-refractivity contribution is 7.11. The van der Waals surface area contributed by atoms with E-state index >= 15 is 0 Å². The van der Waals surface area contributed by atoms with Crippen molar-refractivity contribution in [3.63, 3.8) is 0 Å². The Morgan fingerprint density at radius 3 is 2.56 bits per heavy atom. The van der Waals surface area contributed by atoms with Crippen LogP contribution in [0.5, 0.6) is 0 Å². The number of nitrogens with one attached hydrogen (secondary N) is 2. The molecule has 0 saturated carbocycles. The molecule has 2 rings (SSSR count). The van der Waals surface area contributed by atoms with Gasteiger partial charge in [0.1, 0.15) is 4.88 Å². The van der Waals surface area contributed by atoms with E-state index in [0.29, 0.717) is 10.6 Å². The summed E-state index contributed by atoms with van der Waals surface area (Å²) in [6.07, 6.45) is 0. The van der Waals surface area contributed by atoms with Crippen LogP contribution in [0.15, 0.2) is 35.1 Å². The molecule has 18 heavy (non-hydrogen) atoms. The van der Waals surface area contributed by atoms with E-state index in [4.69, 9.17) is 0 Å². The van der Waals surface area contributed by atoms with Crippen LogP contribution in [-0.2, 0) is 0 Å². The lowest BCUT2D eigenvalue weighted by atomic mass is 10.1. The zero-order chi connectivity index (χ0) is 13.1. The molecular formula is C13H14N2O2S. The van der Waals surface area contributed by atoms with Crippen molar-refractivity contribution in [2.75, 3.05) is 0 Å². The third-order valence-electron chi connectivity index (χ3n) is 2.68. The predicted molar refractivity (Wildman–Crippen MR) is 72.0 cm³/mol. The number of aromatic amines is 1. The van der Waals surface area contributed by atoms with Crippen LogP contribution in [0.2, 0.25) is 0 Å². The summed E-state index contributed by atoms with van der Waals surface area (Å²) >= 11 is 0.936. The van der Waals surface area contributed by atoms with Crippen LogP contribution in [-0.4, -0.2) is 10.9 Å². The van der Waals surface area contributed by atoms with Gasteiger partial charge in [0.2, 0.25) is 0 Å². The third kappa shape index (κ3) is 2.68. The molecule has 0 radical (unpaired) electrons. The van der Waals surface area contributed by atoms with Crippen LogP contribution in [0.4, 0.5) is 0 Å². The highest BCUT2D eigenvalue weighted by Crippen LogP contribution is 2.14. The standard InChI is InChI=1S/C13H14N2O2S/c1-8(10-6-4-3-5-7-10)14-12(16)11-9(2)15-13(17)18-11/h3-8H,1-2H3,(H,14,16)(H,15,17). The first kappa shape index (κ1) is 12.6. The number of benzene rings is 1.